The lowest BCUT2D eigenvalue weighted by atomic mass is 10.1. The van der Waals surface area contributed by atoms with E-state index >= 15 is 0 Å². The second-order valence-corrected chi connectivity index (χ2v) is 7.30. The standard InChI is InChI=1S/C23H30N4O2/c1-24-23(25-15-17-10-12-21(29-2)13-11-17)26-16-18-6-5-9-20(14-18)27-22(28)19-7-3-4-8-19/h5-6,9-14,19H,3-4,7-8,15-16H2,1-2H3,(H,27,28)(H2,24,25,26). The molecule has 3 rings (SSSR count). The summed E-state index contributed by atoms with van der Waals surface area (Å²) in [5.41, 5.74) is 3.08. The fourth-order valence-corrected chi connectivity index (χ4v) is 3.53. The van der Waals surface area contributed by atoms with E-state index in [0.717, 1.165) is 54.2 Å². The maximum absolute atomic E-state index is 12.3. The number of rotatable bonds is 7. The van der Waals surface area contributed by atoms with Gasteiger partial charge >= 0.3 is 0 Å². The summed E-state index contributed by atoms with van der Waals surface area (Å²) in [6, 6.07) is 15.9. The van der Waals surface area contributed by atoms with Crippen molar-refractivity contribution in [2.75, 3.05) is 19.5 Å². The fourth-order valence-electron chi connectivity index (χ4n) is 3.53. The summed E-state index contributed by atoms with van der Waals surface area (Å²) in [6.07, 6.45) is 4.32. The van der Waals surface area contributed by atoms with E-state index in [2.05, 4.69) is 20.9 Å². The molecule has 6 heteroatoms. The number of aliphatic imine (C=N–C) groups is 1. The van der Waals surface area contributed by atoms with Crippen molar-refractivity contribution in [3.8, 4) is 5.75 Å². The van der Waals surface area contributed by atoms with Crippen molar-refractivity contribution < 1.29 is 9.53 Å². The van der Waals surface area contributed by atoms with E-state index in [1.165, 1.54) is 0 Å². The van der Waals surface area contributed by atoms with Crippen molar-refractivity contribution in [1.82, 2.24) is 10.6 Å². The molecule has 0 aromatic heterocycles. The minimum atomic E-state index is 0.143. The van der Waals surface area contributed by atoms with Crippen LogP contribution in [0.2, 0.25) is 0 Å². The number of hydrogen-bond donors (Lipinski definition) is 3. The number of anilines is 1. The highest BCUT2D eigenvalue weighted by molar-refractivity contribution is 5.92. The van der Waals surface area contributed by atoms with Gasteiger partial charge in [-0.05, 0) is 48.2 Å². The van der Waals surface area contributed by atoms with Crippen LogP contribution in [0.25, 0.3) is 0 Å². The SMILES string of the molecule is CN=C(NCc1ccc(OC)cc1)NCc1cccc(NC(=O)C2CCCC2)c1. The first-order valence-corrected chi connectivity index (χ1v) is 10.1. The number of methoxy groups -OCH3 is 1. The minimum absolute atomic E-state index is 0.143. The molecule has 1 aliphatic carbocycles. The van der Waals surface area contributed by atoms with Crippen molar-refractivity contribution in [2.45, 2.75) is 38.8 Å². The quantitative estimate of drug-likeness (QED) is 0.495. The molecule has 2 aromatic rings. The third-order valence-electron chi connectivity index (χ3n) is 5.22. The number of amides is 1. The highest BCUT2D eigenvalue weighted by atomic mass is 16.5. The zero-order chi connectivity index (χ0) is 20.5. The number of nitrogens with one attached hydrogen (secondary N) is 3. The van der Waals surface area contributed by atoms with Gasteiger partial charge < -0.3 is 20.7 Å². The van der Waals surface area contributed by atoms with Crippen molar-refractivity contribution in [1.29, 1.82) is 0 Å². The first-order valence-electron chi connectivity index (χ1n) is 10.1. The van der Waals surface area contributed by atoms with Crippen LogP contribution in [0.4, 0.5) is 5.69 Å². The van der Waals surface area contributed by atoms with E-state index < -0.39 is 0 Å². The van der Waals surface area contributed by atoms with Crippen LogP contribution in [0, 0.1) is 5.92 Å². The first-order chi connectivity index (χ1) is 14.2. The van der Waals surface area contributed by atoms with Crippen LogP contribution < -0.4 is 20.7 Å². The van der Waals surface area contributed by atoms with E-state index in [4.69, 9.17) is 4.74 Å². The van der Waals surface area contributed by atoms with Crippen LogP contribution in [-0.4, -0.2) is 26.0 Å². The molecule has 0 bridgehead atoms. The summed E-state index contributed by atoms with van der Waals surface area (Å²) < 4.78 is 5.18. The molecule has 0 saturated heterocycles. The highest BCUT2D eigenvalue weighted by Crippen LogP contribution is 2.26. The Balaban J connectivity index is 1.49. The monoisotopic (exact) mass is 394 g/mol. The molecular formula is C23H30N4O2. The molecule has 154 valence electrons. The molecule has 1 amide bonds. The molecule has 0 heterocycles. The van der Waals surface area contributed by atoms with Gasteiger partial charge in [0, 0.05) is 31.7 Å². The van der Waals surface area contributed by atoms with Gasteiger partial charge in [-0.3, -0.25) is 9.79 Å². The van der Waals surface area contributed by atoms with Gasteiger partial charge in [0.05, 0.1) is 7.11 Å². The predicted octanol–water partition coefficient (Wildman–Crippen LogP) is 3.69. The zero-order valence-electron chi connectivity index (χ0n) is 17.2. The molecule has 0 atom stereocenters. The average Bonchev–Trinajstić information content (AvgIpc) is 3.30. The van der Waals surface area contributed by atoms with Crippen molar-refractivity contribution in [3.63, 3.8) is 0 Å². The molecule has 0 unspecified atom stereocenters. The molecular weight excluding hydrogens is 364 g/mol. The zero-order valence-corrected chi connectivity index (χ0v) is 17.2. The van der Waals surface area contributed by atoms with Crippen molar-refractivity contribution in [3.05, 3.63) is 59.7 Å². The maximum atomic E-state index is 12.3. The lowest BCUT2D eigenvalue weighted by molar-refractivity contribution is -0.119. The maximum Gasteiger partial charge on any atom is 0.227 e. The van der Waals surface area contributed by atoms with Gasteiger partial charge in [0.25, 0.3) is 0 Å². The molecule has 2 aromatic carbocycles. The van der Waals surface area contributed by atoms with E-state index in [1.54, 1.807) is 14.2 Å². The molecule has 0 radical (unpaired) electrons. The second kappa shape index (κ2) is 10.5. The summed E-state index contributed by atoms with van der Waals surface area (Å²) in [5, 5.41) is 9.68. The average molecular weight is 395 g/mol. The van der Waals surface area contributed by atoms with Crippen LogP contribution in [0.15, 0.2) is 53.5 Å². The van der Waals surface area contributed by atoms with Crippen LogP contribution >= 0.6 is 0 Å². The largest absolute Gasteiger partial charge is 0.497 e. The van der Waals surface area contributed by atoms with E-state index in [1.807, 2.05) is 48.5 Å². The number of hydrogen-bond acceptors (Lipinski definition) is 3. The number of carbonyl (C=O) groups excluding carboxylic acids is 1. The van der Waals surface area contributed by atoms with Gasteiger partial charge in [0.2, 0.25) is 5.91 Å². The van der Waals surface area contributed by atoms with E-state index in [9.17, 15) is 4.79 Å². The predicted molar refractivity (Wildman–Crippen MR) is 117 cm³/mol. The lowest BCUT2D eigenvalue weighted by Gasteiger charge is -2.14. The third kappa shape index (κ3) is 6.24. The number of nitrogens with zero attached hydrogens (tertiary/aromatic N) is 1. The molecule has 0 spiro atoms. The normalized spacial score (nSPS) is 14.5. The lowest BCUT2D eigenvalue weighted by Crippen LogP contribution is -2.36. The molecule has 6 nitrogen and oxygen atoms in total. The Labute approximate surface area is 172 Å². The molecule has 1 aliphatic rings. The first kappa shape index (κ1) is 20.7. The van der Waals surface area contributed by atoms with Gasteiger partial charge in [-0.1, -0.05) is 37.1 Å². The molecule has 1 saturated carbocycles. The number of guanidine groups is 1. The van der Waals surface area contributed by atoms with Gasteiger partial charge in [-0.2, -0.15) is 0 Å². The van der Waals surface area contributed by atoms with E-state index in [-0.39, 0.29) is 11.8 Å². The molecule has 3 N–H and O–H groups in total. The van der Waals surface area contributed by atoms with Crippen LogP contribution in [0.1, 0.15) is 36.8 Å². The number of carbonyl (C=O) groups is 1. The Hall–Kier alpha value is -3.02. The summed E-state index contributed by atoms with van der Waals surface area (Å²) in [4.78, 5) is 16.6. The van der Waals surface area contributed by atoms with Gasteiger partial charge in [0.1, 0.15) is 5.75 Å². The van der Waals surface area contributed by atoms with Crippen LogP contribution in [-0.2, 0) is 17.9 Å². The van der Waals surface area contributed by atoms with Crippen molar-refractivity contribution in [2.24, 2.45) is 10.9 Å². The highest BCUT2D eigenvalue weighted by Gasteiger charge is 2.22. The Morgan fingerprint density at radius 3 is 2.38 bits per heavy atom. The Morgan fingerprint density at radius 2 is 1.72 bits per heavy atom. The summed E-state index contributed by atoms with van der Waals surface area (Å²) in [6.45, 7) is 1.29. The van der Waals surface area contributed by atoms with E-state index in [0.29, 0.717) is 13.1 Å². The fraction of sp³-hybridized carbons (Fsp3) is 0.391. The molecule has 0 aliphatic heterocycles. The topological polar surface area (TPSA) is 74.8 Å². The summed E-state index contributed by atoms with van der Waals surface area (Å²) in [5.74, 6) is 1.87. The van der Waals surface area contributed by atoms with Gasteiger partial charge in [0.15, 0.2) is 5.96 Å². The Kier molecular flexibility index (Phi) is 7.50. The smallest absolute Gasteiger partial charge is 0.227 e. The van der Waals surface area contributed by atoms with Crippen LogP contribution in [0.5, 0.6) is 5.75 Å². The Morgan fingerprint density at radius 1 is 1.03 bits per heavy atom. The molecule has 1 fully saturated rings. The third-order valence-corrected chi connectivity index (χ3v) is 5.22. The second-order valence-electron chi connectivity index (χ2n) is 7.30. The summed E-state index contributed by atoms with van der Waals surface area (Å²) >= 11 is 0. The van der Waals surface area contributed by atoms with Crippen LogP contribution in [0.3, 0.4) is 0 Å². The van der Waals surface area contributed by atoms with Crippen molar-refractivity contribution >= 4 is 17.6 Å². The number of benzene rings is 2. The Bertz CT molecular complexity index is 827. The molecule has 29 heavy (non-hydrogen) atoms. The number of ether oxygens (including phenoxy) is 1. The summed E-state index contributed by atoms with van der Waals surface area (Å²) in [7, 11) is 3.41. The van der Waals surface area contributed by atoms with Gasteiger partial charge in [-0.25, -0.2) is 0 Å². The minimum Gasteiger partial charge on any atom is -0.497 e. The van der Waals surface area contributed by atoms with Gasteiger partial charge in [-0.15, -0.1) is 0 Å².